The molecule has 3 rings (SSSR count). The Morgan fingerprint density at radius 3 is 2.60 bits per heavy atom. The molecule has 4 heteroatoms. The minimum Gasteiger partial charge on any atom is -0.399 e. The number of piperidine rings is 1. The Labute approximate surface area is 150 Å². The van der Waals surface area contributed by atoms with E-state index in [0.717, 1.165) is 18.0 Å². The topological polar surface area (TPSA) is 58.4 Å². The Morgan fingerprint density at radius 2 is 1.84 bits per heavy atom. The highest BCUT2D eigenvalue weighted by molar-refractivity contribution is 5.94. The van der Waals surface area contributed by atoms with Crippen molar-refractivity contribution in [2.24, 2.45) is 5.92 Å². The first-order chi connectivity index (χ1) is 12.1. The number of carbonyl (C=O) groups is 1. The molecule has 0 radical (unpaired) electrons. The van der Waals surface area contributed by atoms with Gasteiger partial charge < -0.3 is 11.1 Å². The predicted octanol–water partition coefficient (Wildman–Crippen LogP) is 3.43. The van der Waals surface area contributed by atoms with Crippen molar-refractivity contribution in [2.75, 3.05) is 18.8 Å². The molecule has 132 valence electrons. The number of benzene rings is 2. The zero-order chi connectivity index (χ0) is 17.6. The molecule has 1 aliphatic heterocycles. The Morgan fingerprint density at radius 1 is 1.12 bits per heavy atom. The second-order valence-electron chi connectivity index (χ2n) is 7.09. The molecule has 0 spiro atoms. The van der Waals surface area contributed by atoms with Crippen molar-refractivity contribution in [1.29, 1.82) is 0 Å². The molecule has 0 bridgehead atoms. The van der Waals surface area contributed by atoms with E-state index in [0.29, 0.717) is 17.8 Å². The zero-order valence-corrected chi connectivity index (χ0v) is 14.9. The van der Waals surface area contributed by atoms with Crippen molar-refractivity contribution in [3.63, 3.8) is 0 Å². The maximum Gasteiger partial charge on any atom is 0.251 e. The fraction of sp³-hybridized carbons (Fsp3) is 0.381. The average molecular weight is 337 g/mol. The predicted molar refractivity (Wildman–Crippen MR) is 102 cm³/mol. The average Bonchev–Trinajstić information content (AvgIpc) is 2.62. The highest BCUT2D eigenvalue weighted by atomic mass is 16.1. The van der Waals surface area contributed by atoms with Crippen LogP contribution in [0.5, 0.6) is 0 Å². The fourth-order valence-corrected chi connectivity index (χ4v) is 3.28. The highest BCUT2D eigenvalue weighted by Crippen LogP contribution is 2.18. The molecule has 0 atom stereocenters. The lowest BCUT2D eigenvalue weighted by Gasteiger charge is -2.30. The number of carbonyl (C=O) groups excluding carboxylic acids is 1. The first-order valence-electron chi connectivity index (χ1n) is 9.04. The summed E-state index contributed by atoms with van der Waals surface area (Å²) >= 11 is 0. The minimum atomic E-state index is -0.0947. The van der Waals surface area contributed by atoms with E-state index in [9.17, 15) is 4.79 Å². The van der Waals surface area contributed by atoms with Crippen LogP contribution in [0.25, 0.3) is 0 Å². The molecule has 0 aromatic heterocycles. The number of nitrogens with zero attached hydrogens (tertiary/aromatic N) is 1. The fourth-order valence-electron chi connectivity index (χ4n) is 3.28. The summed E-state index contributed by atoms with van der Waals surface area (Å²) in [5.74, 6) is 0.757. The van der Waals surface area contributed by atoms with Gasteiger partial charge >= 0.3 is 0 Å². The summed E-state index contributed by atoms with van der Waals surface area (Å²) in [6.45, 7) is 6.21. The second-order valence-corrected chi connectivity index (χ2v) is 7.09. The number of nitrogen functional groups attached to an aromatic ring is 1. The van der Waals surface area contributed by atoms with Gasteiger partial charge in [-0.25, -0.2) is 0 Å². The molecule has 0 unspecified atom stereocenters. The molecule has 3 N–H and O–H groups in total. The van der Waals surface area contributed by atoms with E-state index >= 15 is 0 Å². The lowest BCUT2D eigenvalue weighted by Crippen LogP contribution is -2.32. The van der Waals surface area contributed by atoms with Crippen molar-refractivity contribution in [1.82, 2.24) is 10.2 Å². The van der Waals surface area contributed by atoms with Gasteiger partial charge in [0.2, 0.25) is 0 Å². The molecule has 2 aromatic carbocycles. The van der Waals surface area contributed by atoms with E-state index in [1.54, 1.807) is 24.3 Å². The summed E-state index contributed by atoms with van der Waals surface area (Å²) in [7, 11) is 0. The standard InChI is InChI=1S/C21H27N3O/c1-16-8-10-24(11-9-16)15-18-5-2-4-17(12-18)14-23-21(25)19-6-3-7-20(22)13-19/h2-7,12-13,16H,8-11,14-15,22H2,1H3,(H,23,25). The summed E-state index contributed by atoms with van der Waals surface area (Å²) in [5, 5.41) is 2.97. The zero-order valence-electron chi connectivity index (χ0n) is 14.9. The van der Waals surface area contributed by atoms with Crippen LogP contribution >= 0.6 is 0 Å². The number of amides is 1. The molecule has 1 fully saturated rings. The van der Waals surface area contributed by atoms with E-state index in [1.807, 2.05) is 0 Å². The number of nitrogens with one attached hydrogen (secondary N) is 1. The SMILES string of the molecule is CC1CCN(Cc2cccc(CNC(=O)c3cccc(N)c3)c2)CC1. The van der Waals surface area contributed by atoms with Crippen LogP contribution in [0.2, 0.25) is 0 Å². The van der Waals surface area contributed by atoms with E-state index in [1.165, 1.54) is 31.5 Å². The molecule has 2 aromatic rings. The monoisotopic (exact) mass is 337 g/mol. The number of likely N-dealkylation sites (tertiary alicyclic amines) is 1. The molecule has 1 amide bonds. The number of hydrogen-bond acceptors (Lipinski definition) is 3. The van der Waals surface area contributed by atoms with E-state index in [-0.39, 0.29) is 5.91 Å². The van der Waals surface area contributed by atoms with Crippen molar-refractivity contribution in [3.05, 3.63) is 65.2 Å². The number of nitrogens with two attached hydrogens (primary N) is 1. The van der Waals surface area contributed by atoms with Gasteiger partial charge in [-0.3, -0.25) is 9.69 Å². The summed E-state index contributed by atoms with van der Waals surface area (Å²) in [6, 6.07) is 15.5. The molecule has 4 nitrogen and oxygen atoms in total. The van der Waals surface area contributed by atoms with Crippen LogP contribution in [0.15, 0.2) is 48.5 Å². The number of rotatable bonds is 5. The van der Waals surface area contributed by atoms with Gasteiger partial charge in [0.15, 0.2) is 0 Å². The first kappa shape index (κ1) is 17.5. The Kier molecular flexibility index (Phi) is 5.71. The highest BCUT2D eigenvalue weighted by Gasteiger charge is 2.15. The normalized spacial score (nSPS) is 15.9. The maximum atomic E-state index is 12.2. The van der Waals surface area contributed by atoms with Gasteiger partial charge in [-0.1, -0.05) is 37.3 Å². The largest absolute Gasteiger partial charge is 0.399 e. The minimum absolute atomic E-state index is 0.0947. The van der Waals surface area contributed by atoms with Gasteiger partial charge in [0.05, 0.1) is 0 Å². The summed E-state index contributed by atoms with van der Waals surface area (Å²) in [5.41, 5.74) is 9.37. The summed E-state index contributed by atoms with van der Waals surface area (Å²) < 4.78 is 0. The molecule has 1 aliphatic rings. The number of anilines is 1. The van der Waals surface area contributed by atoms with Crippen LogP contribution in [0, 0.1) is 5.92 Å². The molecular formula is C21H27N3O. The van der Waals surface area contributed by atoms with Crippen LogP contribution in [-0.2, 0) is 13.1 Å². The second kappa shape index (κ2) is 8.17. The van der Waals surface area contributed by atoms with Gasteiger partial charge in [-0.2, -0.15) is 0 Å². The van der Waals surface area contributed by atoms with Crippen molar-refractivity contribution < 1.29 is 4.79 Å². The van der Waals surface area contributed by atoms with Gasteiger partial charge in [0, 0.05) is 24.3 Å². The molecule has 1 heterocycles. The lowest BCUT2D eigenvalue weighted by atomic mass is 9.98. The van der Waals surface area contributed by atoms with E-state index in [4.69, 9.17) is 5.73 Å². The molecule has 0 saturated carbocycles. The number of hydrogen-bond donors (Lipinski definition) is 2. The third-order valence-corrected chi connectivity index (χ3v) is 4.88. The molecular weight excluding hydrogens is 310 g/mol. The summed E-state index contributed by atoms with van der Waals surface area (Å²) in [4.78, 5) is 14.7. The van der Waals surface area contributed by atoms with Crippen LogP contribution in [0.3, 0.4) is 0 Å². The Bertz CT molecular complexity index is 721. The maximum absolute atomic E-state index is 12.2. The van der Waals surface area contributed by atoms with Gasteiger partial charge in [0.1, 0.15) is 0 Å². The van der Waals surface area contributed by atoms with Gasteiger partial charge in [-0.05, 0) is 61.2 Å². The first-order valence-corrected chi connectivity index (χ1v) is 9.04. The third kappa shape index (κ3) is 5.07. The van der Waals surface area contributed by atoms with Crippen molar-refractivity contribution in [3.8, 4) is 0 Å². The van der Waals surface area contributed by atoms with E-state index in [2.05, 4.69) is 41.4 Å². The Balaban J connectivity index is 1.55. The van der Waals surface area contributed by atoms with Crippen LogP contribution in [-0.4, -0.2) is 23.9 Å². The molecule has 0 aliphatic carbocycles. The van der Waals surface area contributed by atoms with Gasteiger partial charge in [0.25, 0.3) is 5.91 Å². The Hall–Kier alpha value is -2.33. The summed E-state index contributed by atoms with van der Waals surface area (Å²) in [6.07, 6.45) is 2.58. The smallest absolute Gasteiger partial charge is 0.251 e. The molecule has 1 saturated heterocycles. The van der Waals surface area contributed by atoms with Crippen LogP contribution < -0.4 is 11.1 Å². The van der Waals surface area contributed by atoms with Crippen molar-refractivity contribution >= 4 is 11.6 Å². The van der Waals surface area contributed by atoms with Crippen LogP contribution in [0.4, 0.5) is 5.69 Å². The van der Waals surface area contributed by atoms with Crippen LogP contribution in [0.1, 0.15) is 41.3 Å². The van der Waals surface area contributed by atoms with Gasteiger partial charge in [-0.15, -0.1) is 0 Å². The van der Waals surface area contributed by atoms with E-state index < -0.39 is 0 Å². The lowest BCUT2D eigenvalue weighted by molar-refractivity contribution is 0.0951. The quantitative estimate of drug-likeness (QED) is 0.822. The molecule has 25 heavy (non-hydrogen) atoms. The van der Waals surface area contributed by atoms with Crippen molar-refractivity contribution in [2.45, 2.75) is 32.9 Å². The third-order valence-electron chi connectivity index (χ3n) is 4.88.